The maximum atomic E-state index is 5.78. The van der Waals surface area contributed by atoms with Crippen LogP contribution in [0.3, 0.4) is 0 Å². The SMILES string of the molecule is CC[C@@H](Cl)[C@H](Cl)CC. The van der Waals surface area contributed by atoms with Gasteiger partial charge >= 0.3 is 0 Å². The highest BCUT2D eigenvalue weighted by Crippen LogP contribution is 2.15. The first-order chi connectivity index (χ1) is 3.72. The molecule has 0 aromatic carbocycles. The van der Waals surface area contributed by atoms with Crippen LogP contribution in [-0.2, 0) is 0 Å². The van der Waals surface area contributed by atoms with Gasteiger partial charge in [-0.2, -0.15) is 0 Å². The molecule has 0 saturated heterocycles. The van der Waals surface area contributed by atoms with Crippen molar-refractivity contribution in [1.82, 2.24) is 0 Å². The molecular weight excluding hydrogens is 143 g/mol. The normalized spacial score (nSPS) is 18.0. The van der Waals surface area contributed by atoms with Crippen LogP contribution in [0.4, 0.5) is 0 Å². The lowest BCUT2D eigenvalue weighted by Crippen LogP contribution is -2.11. The molecule has 0 spiro atoms. The van der Waals surface area contributed by atoms with E-state index in [1.165, 1.54) is 0 Å². The van der Waals surface area contributed by atoms with Crippen LogP contribution in [0.5, 0.6) is 0 Å². The van der Waals surface area contributed by atoms with Crippen molar-refractivity contribution in [2.45, 2.75) is 37.4 Å². The third-order valence-corrected chi connectivity index (χ3v) is 2.53. The molecule has 0 bridgehead atoms. The highest BCUT2D eigenvalue weighted by atomic mass is 35.5. The zero-order chi connectivity index (χ0) is 6.57. The highest BCUT2D eigenvalue weighted by molar-refractivity contribution is 6.29. The summed E-state index contributed by atoms with van der Waals surface area (Å²) in [6.07, 6.45) is 1.92. The molecule has 0 rings (SSSR count). The minimum absolute atomic E-state index is 0.154. The highest BCUT2D eigenvalue weighted by Gasteiger charge is 2.10. The predicted octanol–water partition coefficient (Wildman–Crippen LogP) is 3.02. The Labute approximate surface area is 61.2 Å². The third kappa shape index (κ3) is 2.78. The van der Waals surface area contributed by atoms with Gasteiger partial charge < -0.3 is 0 Å². The van der Waals surface area contributed by atoms with Crippen LogP contribution < -0.4 is 0 Å². The molecule has 50 valence electrons. The van der Waals surface area contributed by atoms with Gasteiger partial charge in [-0.1, -0.05) is 13.8 Å². The van der Waals surface area contributed by atoms with Crippen LogP contribution in [0, 0.1) is 0 Å². The lowest BCUT2D eigenvalue weighted by molar-refractivity contribution is 0.720. The molecule has 0 unspecified atom stereocenters. The summed E-state index contributed by atoms with van der Waals surface area (Å²) < 4.78 is 0. The third-order valence-electron chi connectivity index (χ3n) is 1.17. The van der Waals surface area contributed by atoms with Gasteiger partial charge in [0.15, 0.2) is 0 Å². The van der Waals surface area contributed by atoms with Crippen LogP contribution in [0.1, 0.15) is 26.7 Å². The first-order valence-corrected chi connectivity index (χ1v) is 3.87. The van der Waals surface area contributed by atoms with Crippen LogP contribution in [0.25, 0.3) is 0 Å². The summed E-state index contributed by atoms with van der Waals surface area (Å²) in [5.41, 5.74) is 0. The van der Waals surface area contributed by atoms with Gasteiger partial charge in [-0.25, -0.2) is 0 Å². The van der Waals surface area contributed by atoms with Crippen molar-refractivity contribution in [3.05, 3.63) is 0 Å². The van der Waals surface area contributed by atoms with Crippen molar-refractivity contribution in [1.29, 1.82) is 0 Å². The molecule has 0 fully saturated rings. The van der Waals surface area contributed by atoms with E-state index in [0.717, 1.165) is 12.8 Å². The fraction of sp³-hybridized carbons (Fsp3) is 1.00. The van der Waals surface area contributed by atoms with Crippen molar-refractivity contribution < 1.29 is 0 Å². The Morgan fingerprint density at radius 3 is 1.38 bits per heavy atom. The van der Waals surface area contributed by atoms with Gasteiger partial charge in [0.05, 0.1) is 0 Å². The van der Waals surface area contributed by atoms with Crippen molar-refractivity contribution >= 4 is 23.2 Å². The lowest BCUT2D eigenvalue weighted by Gasteiger charge is -2.09. The second-order valence-electron chi connectivity index (χ2n) is 1.85. The molecule has 8 heavy (non-hydrogen) atoms. The van der Waals surface area contributed by atoms with Gasteiger partial charge in [0.1, 0.15) is 0 Å². The fourth-order valence-electron chi connectivity index (χ4n) is 0.512. The average Bonchev–Trinajstić information content (AvgIpc) is 1.84. The number of halogens is 2. The van der Waals surface area contributed by atoms with Crippen LogP contribution in [0.15, 0.2) is 0 Å². The maximum absolute atomic E-state index is 5.78. The van der Waals surface area contributed by atoms with Crippen molar-refractivity contribution in [2.24, 2.45) is 0 Å². The van der Waals surface area contributed by atoms with E-state index in [1.54, 1.807) is 0 Å². The Hall–Kier alpha value is 0.580. The molecule has 2 atom stereocenters. The average molecular weight is 155 g/mol. The van der Waals surface area contributed by atoms with Crippen LogP contribution in [0.2, 0.25) is 0 Å². The molecule has 0 aliphatic rings. The Bertz CT molecular complexity index is 46.5. The molecule has 0 amide bonds. The summed E-state index contributed by atoms with van der Waals surface area (Å²) in [5, 5.41) is 0.309. The number of hydrogen-bond donors (Lipinski definition) is 0. The van der Waals surface area contributed by atoms with E-state index in [4.69, 9.17) is 23.2 Å². The first-order valence-electron chi connectivity index (χ1n) is 3.00. The molecule has 0 nitrogen and oxygen atoms in total. The molecule has 0 aliphatic heterocycles. The largest absolute Gasteiger partial charge is 0.121 e. The van der Waals surface area contributed by atoms with Crippen LogP contribution in [-0.4, -0.2) is 10.8 Å². The Morgan fingerprint density at radius 2 is 1.25 bits per heavy atom. The Kier molecular flexibility index (Phi) is 4.78. The van der Waals surface area contributed by atoms with Gasteiger partial charge in [0, 0.05) is 10.8 Å². The van der Waals surface area contributed by atoms with E-state index in [0.29, 0.717) is 0 Å². The molecule has 2 heteroatoms. The number of rotatable bonds is 3. The first kappa shape index (κ1) is 8.58. The summed E-state index contributed by atoms with van der Waals surface area (Å²) >= 11 is 11.6. The number of hydrogen-bond acceptors (Lipinski definition) is 0. The molecule has 0 aromatic heterocycles. The fourth-order valence-corrected chi connectivity index (χ4v) is 0.868. The predicted molar refractivity (Wildman–Crippen MR) is 39.9 cm³/mol. The van der Waals surface area contributed by atoms with Crippen molar-refractivity contribution in [3.63, 3.8) is 0 Å². The molecule has 0 heterocycles. The zero-order valence-electron chi connectivity index (χ0n) is 5.32. The summed E-state index contributed by atoms with van der Waals surface area (Å²) in [6, 6.07) is 0. The summed E-state index contributed by atoms with van der Waals surface area (Å²) in [6.45, 7) is 4.09. The van der Waals surface area contributed by atoms with Crippen molar-refractivity contribution in [2.75, 3.05) is 0 Å². The molecule has 0 radical (unpaired) electrons. The maximum Gasteiger partial charge on any atom is 0.0497 e. The second-order valence-corrected chi connectivity index (χ2v) is 2.97. The lowest BCUT2D eigenvalue weighted by atomic mass is 10.2. The minimum Gasteiger partial charge on any atom is -0.121 e. The van der Waals surface area contributed by atoms with Crippen molar-refractivity contribution in [3.8, 4) is 0 Å². The van der Waals surface area contributed by atoms with Gasteiger partial charge in [-0.3, -0.25) is 0 Å². The molecule has 0 aromatic rings. The van der Waals surface area contributed by atoms with E-state index in [9.17, 15) is 0 Å². The van der Waals surface area contributed by atoms with Gasteiger partial charge in [0.2, 0.25) is 0 Å². The summed E-state index contributed by atoms with van der Waals surface area (Å²) in [4.78, 5) is 0. The molecule has 0 saturated carbocycles. The molecule has 0 N–H and O–H groups in total. The quantitative estimate of drug-likeness (QED) is 0.549. The van der Waals surface area contributed by atoms with E-state index in [-0.39, 0.29) is 10.8 Å². The minimum atomic E-state index is 0.154. The van der Waals surface area contributed by atoms with E-state index in [1.807, 2.05) is 13.8 Å². The van der Waals surface area contributed by atoms with Crippen LogP contribution >= 0.6 is 23.2 Å². The topological polar surface area (TPSA) is 0 Å². The monoisotopic (exact) mass is 154 g/mol. The zero-order valence-corrected chi connectivity index (χ0v) is 6.84. The van der Waals surface area contributed by atoms with E-state index >= 15 is 0 Å². The Morgan fingerprint density at radius 1 is 1.00 bits per heavy atom. The standard InChI is InChI=1S/C6H12Cl2/c1-3-5(7)6(8)4-2/h5-6H,3-4H2,1-2H3/t5-,6-/m1/s1. The molecular formula is C6H12Cl2. The smallest absolute Gasteiger partial charge is 0.0497 e. The Balaban J connectivity index is 3.29. The second kappa shape index (κ2) is 4.46. The molecule has 0 aliphatic carbocycles. The van der Waals surface area contributed by atoms with Gasteiger partial charge in [-0.15, -0.1) is 23.2 Å². The number of alkyl halides is 2. The summed E-state index contributed by atoms with van der Waals surface area (Å²) in [7, 11) is 0. The van der Waals surface area contributed by atoms with Gasteiger partial charge in [-0.05, 0) is 12.8 Å². The van der Waals surface area contributed by atoms with E-state index in [2.05, 4.69) is 0 Å². The van der Waals surface area contributed by atoms with E-state index < -0.39 is 0 Å². The summed E-state index contributed by atoms with van der Waals surface area (Å²) in [5.74, 6) is 0. The van der Waals surface area contributed by atoms with Gasteiger partial charge in [0.25, 0.3) is 0 Å².